The molecule has 0 radical (unpaired) electrons. The lowest BCUT2D eigenvalue weighted by molar-refractivity contribution is -0.139. The van der Waals surface area contributed by atoms with E-state index in [9.17, 15) is 9.59 Å². The van der Waals surface area contributed by atoms with Crippen molar-refractivity contribution in [2.45, 2.75) is 45.1 Å². The van der Waals surface area contributed by atoms with Gasteiger partial charge >= 0.3 is 5.97 Å². The third-order valence-corrected chi connectivity index (χ3v) is 6.17. The number of fused-ring (bicyclic) bond motifs is 1. The molecule has 1 aliphatic carbocycles. The molecule has 2 aliphatic rings. The van der Waals surface area contributed by atoms with Crippen LogP contribution in [0.4, 0.5) is 5.13 Å². The first kappa shape index (κ1) is 18.7. The molecule has 0 N–H and O–H groups in total. The van der Waals surface area contributed by atoms with Crippen molar-refractivity contribution in [1.29, 1.82) is 0 Å². The number of methoxy groups -OCH3 is 1. The highest BCUT2D eigenvalue weighted by molar-refractivity contribution is 7.22. The maximum Gasteiger partial charge on any atom is 0.311 e. The van der Waals surface area contributed by atoms with Crippen molar-refractivity contribution < 1.29 is 14.3 Å². The lowest BCUT2D eigenvalue weighted by atomic mass is 9.95. The summed E-state index contributed by atoms with van der Waals surface area (Å²) in [5.41, 5.74) is 2.00. The van der Waals surface area contributed by atoms with E-state index in [0.29, 0.717) is 16.6 Å². The zero-order chi connectivity index (χ0) is 19.7. The van der Waals surface area contributed by atoms with E-state index >= 15 is 0 Å². The van der Waals surface area contributed by atoms with Gasteiger partial charge in [-0.05, 0) is 31.9 Å². The first-order chi connectivity index (χ1) is 13.6. The second-order valence-electron chi connectivity index (χ2n) is 7.10. The second kappa shape index (κ2) is 7.79. The van der Waals surface area contributed by atoms with Crippen molar-refractivity contribution >= 4 is 50.0 Å². The summed E-state index contributed by atoms with van der Waals surface area (Å²) in [7, 11) is 1.33. The SMILES string of the molecule is COC(=O)CC1=NN(c2nc3ccccc3s2)C(=O)C1C(C)=NC1CCCC1. The molecule has 0 bridgehead atoms. The minimum absolute atomic E-state index is 0.0359. The van der Waals surface area contributed by atoms with E-state index in [0.717, 1.165) is 23.1 Å². The third kappa shape index (κ3) is 3.56. The van der Waals surface area contributed by atoms with E-state index in [4.69, 9.17) is 9.73 Å². The first-order valence-corrected chi connectivity index (χ1v) is 10.3. The first-order valence-electron chi connectivity index (χ1n) is 9.45. The van der Waals surface area contributed by atoms with Gasteiger partial charge in [0.2, 0.25) is 5.13 Å². The number of esters is 1. The number of para-hydroxylation sites is 1. The minimum atomic E-state index is -0.633. The molecule has 1 aromatic carbocycles. The number of hydrogen-bond acceptors (Lipinski definition) is 7. The number of rotatable bonds is 5. The van der Waals surface area contributed by atoms with Crippen molar-refractivity contribution in [1.82, 2.24) is 4.98 Å². The quantitative estimate of drug-likeness (QED) is 0.569. The van der Waals surface area contributed by atoms with Gasteiger partial charge in [0.15, 0.2) is 0 Å². The van der Waals surface area contributed by atoms with Crippen molar-refractivity contribution in [3.05, 3.63) is 24.3 Å². The lowest BCUT2D eigenvalue weighted by Gasteiger charge is -2.14. The Balaban J connectivity index is 1.68. The Morgan fingerprint density at radius 2 is 2.07 bits per heavy atom. The van der Waals surface area contributed by atoms with Gasteiger partial charge in [-0.15, -0.1) is 0 Å². The molecule has 1 saturated carbocycles. The molecule has 2 aromatic rings. The van der Waals surface area contributed by atoms with Gasteiger partial charge in [0.05, 0.1) is 29.5 Å². The Kier molecular flexibility index (Phi) is 5.21. The number of hydrogen-bond donors (Lipinski definition) is 0. The van der Waals surface area contributed by atoms with Crippen LogP contribution in [-0.4, -0.2) is 41.4 Å². The van der Waals surface area contributed by atoms with Gasteiger partial charge in [-0.1, -0.05) is 36.3 Å². The Morgan fingerprint density at radius 3 is 2.79 bits per heavy atom. The van der Waals surface area contributed by atoms with E-state index in [2.05, 4.69) is 10.1 Å². The summed E-state index contributed by atoms with van der Waals surface area (Å²) in [4.78, 5) is 34.4. The van der Waals surface area contributed by atoms with Crippen molar-refractivity contribution in [2.75, 3.05) is 12.1 Å². The highest BCUT2D eigenvalue weighted by atomic mass is 32.1. The third-order valence-electron chi connectivity index (χ3n) is 5.16. The smallest absolute Gasteiger partial charge is 0.311 e. The zero-order valence-electron chi connectivity index (χ0n) is 15.9. The molecule has 2 heterocycles. The molecule has 1 atom stereocenters. The van der Waals surface area contributed by atoms with Crippen LogP contribution in [0.5, 0.6) is 0 Å². The molecule has 1 aromatic heterocycles. The molecule has 1 unspecified atom stereocenters. The van der Waals surface area contributed by atoms with Crippen LogP contribution in [0, 0.1) is 5.92 Å². The summed E-state index contributed by atoms with van der Waals surface area (Å²) in [5.74, 6) is -1.26. The average molecular weight is 398 g/mol. The van der Waals surface area contributed by atoms with E-state index in [-0.39, 0.29) is 18.4 Å². The fourth-order valence-electron chi connectivity index (χ4n) is 3.76. The molecule has 146 valence electrons. The van der Waals surface area contributed by atoms with Crippen LogP contribution in [0.3, 0.4) is 0 Å². The predicted octanol–water partition coefficient (Wildman–Crippen LogP) is 3.58. The molecule has 28 heavy (non-hydrogen) atoms. The summed E-state index contributed by atoms with van der Waals surface area (Å²) in [6.45, 7) is 1.86. The monoisotopic (exact) mass is 398 g/mol. The molecule has 8 heteroatoms. The van der Waals surface area contributed by atoms with Crippen LogP contribution in [0.15, 0.2) is 34.4 Å². The van der Waals surface area contributed by atoms with Crippen LogP contribution >= 0.6 is 11.3 Å². The molecule has 1 fully saturated rings. The number of nitrogens with zero attached hydrogens (tertiary/aromatic N) is 4. The Morgan fingerprint density at radius 1 is 1.32 bits per heavy atom. The van der Waals surface area contributed by atoms with E-state index in [1.54, 1.807) is 0 Å². The van der Waals surface area contributed by atoms with Gasteiger partial charge in [0, 0.05) is 11.8 Å². The van der Waals surface area contributed by atoms with E-state index in [1.165, 1.54) is 36.3 Å². The number of amides is 1. The van der Waals surface area contributed by atoms with Crippen LogP contribution in [-0.2, 0) is 14.3 Å². The number of benzene rings is 1. The van der Waals surface area contributed by atoms with Gasteiger partial charge in [-0.25, -0.2) is 4.98 Å². The number of carbonyl (C=O) groups excluding carboxylic acids is 2. The van der Waals surface area contributed by atoms with E-state index in [1.807, 2.05) is 31.2 Å². The van der Waals surface area contributed by atoms with Gasteiger partial charge < -0.3 is 4.74 Å². The number of hydrazone groups is 1. The number of ether oxygens (including phenoxy) is 1. The topological polar surface area (TPSA) is 84.2 Å². The van der Waals surface area contributed by atoms with Gasteiger partial charge in [0.25, 0.3) is 5.91 Å². The summed E-state index contributed by atoms with van der Waals surface area (Å²) in [5, 5.41) is 6.29. The number of carbonyl (C=O) groups is 2. The summed E-state index contributed by atoms with van der Waals surface area (Å²) >= 11 is 1.40. The maximum atomic E-state index is 13.2. The van der Waals surface area contributed by atoms with Gasteiger partial charge in [-0.2, -0.15) is 10.1 Å². The number of aliphatic imine (C=N–C) groups is 1. The molecule has 0 saturated heterocycles. The second-order valence-corrected chi connectivity index (χ2v) is 8.11. The molecule has 4 rings (SSSR count). The van der Waals surface area contributed by atoms with Crippen LogP contribution < -0.4 is 5.01 Å². The number of aromatic nitrogens is 1. The zero-order valence-corrected chi connectivity index (χ0v) is 16.7. The largest absolute Gasteiger partial charge is 0.469 e. The Labute approximate surface area is 167 Å². The fraction of sp³-hybridized carbons (Fsp3) is 0.450. The molecular formula is C20H22N4O3S. The molecule has 1 amide bonds. The molecule has 1 aliphatic heterocycles. The lowest BCUT2D eigenvalue weighted by Crippen LogP contribution is -2.33. The predicted molar refractivity (Wildman–Crippen MR) is 110 cm³/mol. The summed E-state index contributed by atoms with van der Waals surface area (Å²) in [6, 6.07) is 7.96. The standard InChI is InChI=1S/C20H22N4O3S/c1-12(21-13-7-3-4-8-13)18-15(11-17(25)27-2)23-24(19(18)26)20-22-14-9-5-6-10-16(14)28-20/h5-6,9-10,13,18H,3-4,7-8,11H2,1-2H3. The Hall–Kier alpha value is -2.61. The minimum Gasteiger partial charge on any atom is -0.469 e. The molecule has 7 nitrogen and oxygen atoms in total. The maximum absolute atomic E-state index is 13.2. The van der Waals surface area contributed by atoms with Crippen molar-refractivity contribution in [3.63, 3.8) is 0 Å². The highest BCUT2D eigenvalue weighted by Gasteiger charge is 2.41. The van der Waals surface area contributed by atoms with Crippen LogP contribution in [0.25, 0.3) is 10.2 Å². The average Bonchev–Trinajstić information content (AvgIpc) is 3.40. The number of thiazole rings is 1. The van der Waals surface area contributed by atoms with Crippen molar-refractivity contribution in [3.8, 4) is 0 Å². The molecular weight excluding hydrogens is 376 g/mol. The molecule has 0 spiro atoms. The summed E-state index contributed by atoms with van der Waals surface area (Å²) < 4.78 is 5.78. The van der Waals surface area contributed by atoms with Gasteiger partial charge in [-0.3, -0.25) is 14.6 Å². The van der Waals surface area contributed by atoms with E-state index < -0.39 is 11.9 Å². The van der Waals surface area contributed by atoms with Crippen LogP contribution in [0.2, 0.25) is 0 Å². The highest BCUT2D eigenvalue weighted by Crippen LogP contribution is 2.33. The Bertz CT molecular complexity index is 942. The normalized spacial score (nSPS) is 20.9. The number of anilines is 1. The summed E-state index contributed by atoms with van der Waals surface area (Å²) in [6.07, 6.45) is 4.39. The van der Waals surface area contributed by atoms with Crippen molar-refractivity contribution in [2.24, 2.45) is 16.0 Å². The van der Waals surface area contributed by atoms with Crippen LogP contribution in [0.1, 0.15) is 39.0 Å². The van der Waals surface area contributed by atoms with Gasteiger partial charge in [0.1, 0.15) is 5.92 Å². The fourth-order valence-corrected chi connectivity index (χ4v) is 4.68.